The highest BCUT2D eigenvalue weighted by Crippen LogP contribution is 2.23. The van der Waals surface area contributed by atoms with Crippen molar-refractivity contribution in [1.29, 1.82) is 0 Å². The number of hydrogen-bond acceptors (Lipinski definition) is 7. The van der Waals surface area contributed by atoms with E-state index in [2.05, 4.69) is 15.0 Å². The molecule has 0 aromatic carbocycles. The van der Waals surface area contributed by atoms with E-state index < -0.39 is 0 Å². The third kappa shape index (κ3) is 3.10. The van der Waals surface area contributed by atoms with Crippen LogP contribution in [-0.2, 0) is 4.79 Å². The van der Waals surface area contributed by atoms with Crippen molar-refractivity contribution in [2.24, 2.45) is 5.92 Å². The molecule has 7 heteroatoms. The second-order valence-corrected chi connectivity index (χ2v) is 4.48. The van der Waals surface area contributed by atoms with Crippen molar-refractivity contribution in [2.75, 3.05) is 32.2 Å². The van der Waals surface area contributed by atoms with E-state index in [1.807, 2.05) is 4.90 Å². The van der Waals surface area contributed by atoms with E-state index in [9.17, 15) is 4.79 Å². The lowest BCUT2D eigenvalue weighted by molar-refractivity contribution is -0.121. The summed E-state index contributed by atoms with van der Waals surface area (Å²) in [7, 11) is 3.00. The molecule has 0 aliphatic carbocycles. The number of carbonyl (C=O) groups excluding carboxylic acids is 1. The Bertz CT molecular complexity index is 436. The van der Waals surface area contributed by atoms with Crippen LogP contribution in [0.2, 0.25) is 0 Å². The molecular weight excluding hydrogens is 248 g/mol. The lowest BCUT2D eigenvalue weighted by atomic mass is 9.94. The summed E-state index contributed by atoms with van der Waals surface area (Å²) in [6.07, 6.45) is 1.65. The van der Waals surface area contributed by atoms with Gasteiger partial charge in [-0.3, -0.25) is 4.79 Å². The number of nitrogens with zero attached hydrogens (tertiary/aromatic N) is 4. The molecule has 104 valence electrons. The Labute approximate surface area is 112 Å². The van der Waals surface area contributed by atoms with E-state index in [0.717, 1.165) is 25.9 Å². The van der Waals surface area contributed by atoms with Crippen LogP contribution in [0.5, 0.6) is 12.0 Å². The first-order chi connectivity index (χ1) is 9.13. The molecule has 2 rings (SSSR count). The van der Waals surface area contributed by atoms with Crippen molar-refractivity contribution in [3.05, 3.63) is 0 Å². The van der Waals surface area contributed by atoms with Crippen molar-refractivity contribution < 1.29 is 14.3 Å². The Morgan fingerprint density at radius 2 is 1.63 bits per heavy atom. The number of Topliss-reactive ketones (excluding diaryl/α,β-unsaturated/α-hetero) is 1. The third-order valence-electron chi connectivity index (χ3n) is 3.30. The van der Waals surface area contributed by atoms with Crippen LogP contribution in [0.3, 0.4) is 0 Å². The van der Waals surface area contributed by atoms with E-state index in [1.54, 1.807) is 6.92 Å². The number of anilines is 1. The van der Waals surface area contributed by atoms with Crippen LogP contribution in [0.15, 0.2) is 0 Å². The molecule has 1 aliphatic rings. The van der Waals surface area contributed by atoms with E-state index in [0.29, 0.717) is 5.95 Å². The standard InChI is InChI=1S/C12H18N4O3/c1-8(17)9-4-6-16(7-5-9)10-13-11(18-2)15-12(14-10)19-3/h9H,4-7H2,1-3H3. The van der Waals surface area contributed by atoms with Gasteiger partial charge in [0.05, 0.1) is 14.2 Å². The predicted octanol–water partition coefficient (Wildman–Crippen LogP) is 0.694. The molecule has 2 heterocycles. The minimum atomic E-state index is 0.155. The number of ether oxygens (including phenoxy) is 2. The molecule has 0 radical (unpaired) electrons. The van der Waals surface area contributed by atoms with E-state index in [4.69, 9.17) is 9.47 Å². The highest BCUT2D eigenvalue weighted by Gasteiger charge is 2.24. The van der Waals surface area contributed by atoms with Crippen LogP contribution < -0.4 is 14.4 Å². The van der Waals surface area contributed by atoms with Crippen LogP contribution in [0.1, 0.15) is 19.8 Å². The van der Waals surface area contributed by atoms with Gasteiger partial charge < -0.3 is 14.4 Å². The minimum Gasteiger partial charge on any atom is -0.467 e. The molecule has 1 fully saturated rings. The molecule has 0 atom stereocenters. The topological polar surface area (TPSA) is 77.4 Å². The summed E-state index contributed by atoms with van der Waals surface area (Å²) in [4.78, 5) is 25.7. The number of piperidine rings is 1. The predicted molar refractivity (Wildman–Crippen MR) is 68.5 cm³/mol. The number of aromatic nitrogens is 3. The summed E-state index contributed by atoms with van der Waals surface area (Å²) in [5, 5.41) is 0. The van der Waals surface area contributed by atoms with Gasteiger partial charge in [-0.15, -0.1) is 4.98 Å². The number of ketones is 1. The summed E-state index contributed by atoms with van der Waals surface area (Å²) in [5.41, 5.74) is 0. The Hall–Kier alpha value is -1.92. The lowest BCUT2D eigenvalue weighted by Crippen LogP contribution is -2.37. The summed E-state index contributed by atoms with van der Waals surface area (Å²) >= 11 is 0. The average molecular weight is 266 g/mol. The maximum absolute atomic E-state index is 11.3. The van der Waals surface area contributed by atoms with Gasteiger partial charge in [-0.05, 0) is 19.8 Å². The van der Waals surface area contributed by atoms with Crippen molar-refractivity contribution in [1.82, 2.24) is 15.0 Å². The Balaban J connectivity index is 2.12. The van der Waals surface area contributed by atoms with E-state index in [1.165, 1.54) is 14.2 Å². The SMILES string of the molecule is COc1nc(OC)nc(N2CCC(C(C)=O)CC2)n1. The van der Waals surface area contributed by atoms with Crippen molar-refractivity contribution in [3.8, 4) is 12.0 Å². The third-order valence-corrected chi connectivity index (χ3v) is 3.30. The molecule has 0 N–H and O–H groups in total. The molecule has 0 amide bonds. The first-order valence-electron chi connectivity index (χ1n) is 6.23. The summed E-state index contributed by atoms with van der Waals surface area (Å²) in [6.45, 7) is 3.15. The average Bonchev–Trinajstić information content (AvgIpc) is 2.46. The summed E-state index contributed by atoms with van der Waals surface area (Å²) < 4.78 is 10.0. The molecule has 1 aromatic heterocycles. The number of methoxy groups -OCH3 is 2. The van der Waals surface area contributed by atoms with Gasteiger partial charge in [-0.1, -0.05) is 0 Å². The second kappa shape index (κ2) is 5.81. The van der Waals surface area contributed by atoms with E-state index in [-0.39, 0.29) is 23.7 Å². The fraction of sp³-hybridized carbons (Fsp3) is 0.667. The molecule has 19 heavy (non-hydrogen) atoms. The van der Waals surface area contributed by atoms with Gasteiger partial charge in [0.1, 0.15) is 5.78 Å². The van der Waals surface area contributed by atoms with Crippen LogP contribution in [0.25, 0.3) is 0 Å². The molecule has 7 nitrogen and oxygen atoms in total. The molecule has 1 aromatic rings. The largest absolute Gasteiger partial charge is 0.467 e. The van der Waals surface area contributed by atoms with Crippen molar-refractivity contribution in [3.63, 3.8) is 0 Å². The lowest BCUT2D eigenvalue weighted by Gasteiger charge is -2.30. The Morgan fingerprint density at radius 1 is 1.11 bits per heavy atom. The monoisotopic (exact) mass is 266 g/mol. The smallest absolute Gasteiger partial charge is 0.324 e. The fourth-order valence-corrected chi connectivity index (χ4v) is 2.14. The molecule has 0 saturated carbocycles. The first-order valence-corrected chi connectivity index (χ1v) is 6.23. The van der Waals surface area contributed by atoms with Crippen LogP contribution in [0, 0.1) is 5.92 Å². The maximum Gasteiger partial charge on any atom is 0.324 e. The van der Waals surface area contributed by atoms with Gasteiger partial charge in [0.15, 0.2) is 0 Å². The van der Waals surface area contributed by atoms with Crippen molar-refractivity contribution in [2.45, 2.75) is 19.8 Å². The number of rotatable bonds is 4. The van der Waals surface area contributed by atoms with Crippen LogP contribution >= 0.6 is 0 Å². The normalized spacial score (nSPS) is 16.3. The van der Waals surface area contributed by atoms with Gasteiger partial charge in [0.25, 0.3) is 0 Å². The Morgan fingerprint density at radius 3 is 2.05 bits per heavy atom. The molecule has 0 bridgehead atoms. The highest BCUT2D eigenvalue weighted by atomic mass is 16.5. The molecular formula is C12H18N4O3. The van der Waals surface area contributed by atoms with Gasteiger partial charge in [0.2, 0.25) is 5.95 Å². The molecule has 0 spiro atoms. The number of hydrogen-bond donors (Lipinski definition) is 0. The van der Waals surface area contributed by atoms with Gasteiger partial charge in [-0.2, -0.15) is 9.97 Å². The van der Waals surface area contributed by atoms with Gasteiger partial charge in [0, 0.05) is 19.0 Å². The fourth-order valence-electron chi connectivity index (χ4n) is 2.14. The highest BCUT2D eigenvalue weighted by molar-refractivity contribution is 5.78. The van der Waals surface area contributed by atoms with Crippen LogP contribution in [0.4, 0.5) is 5.95 Å². The van der Waals surface area contributed by atoms with Gasteiger partial charge >= 0.3 is 12.0 Å². The minimum absolute atomic E-state index is 0.155. The summed E-state index contributed by atoms with van der Waals surface area (Å²) in [6, 6.07) is 0.464. The quantitative estimate of drug-likeness (QED) is 0.793. The molecule has 1 saturated heterocycles. The first kappa shape index (κ1) is 13.5. The van der Waals surface area contributed by atoms with Gasteiger partial charge in [-0.25, -0.2) is 0 Å². The van der Waals surface area contributed by atoms with Crippen molar-refractivity contribution >= 4 is 11.7 Å². The Kier molecular flexibility index (Phi) is 4.13. The second-order valence-electron chi connectivity index (χ2n) is 4.48. The summed E-state index contributed by atoms with van der Waals surface area (Å²) in [5.74, 6) is 0.943. The zero-order valence-electron chi connectivity index (χ0n) is 11.4. The van der Waals surface area contributed by atoms with E-state index >= 15 is 0 Å². The zero-order valence-corrected chi connectivity index (χ0v) is 11.4. The number of carbonyl (C=O) groups is 1. The van der Waals surface area contributed by atoms with Crippen LogP contribution in [-0.4, -0.2) is 48.0 Å². The molecule has 1 aliphatic heterocycles. The molecule has 0 unspecified atom stereocenters. The zero-order chi connectivity index (χ0) is 13.8. The maximum atomic E-state index is 11.3.